The minimum atomic E-state index is -0.217. The number of benzene rings is 1. The number of imidazole rings is 1. The van der Waals surface area contributed by atoms with Crippen molar-refractivity contribution >= 4 is 21.6 Å². The second kappa shape index (κ2) is 5.10. The van der Waals surface area contributed by atoms with Gasteiger partial charge in [0.1, 0.15) is 5.65 Å². The Morgan fingerprint density at radius 1 is 1.20 bits per heavy atom. The van der Waals surface area contributed by atoms with Gasteiger partial charge in [0.05, 0.1) is 23.4 Å². The second-order valence-corrected chi connectivity index (χ2v) is 5.55. The molecule has 3 aromatic rings. The van der Waals surface area contributed by atoms with E-state index in [1.807, 2.05) is 60.0 Å². The molecule has 4 heteroatoms. The fraction of sp³-hybridized carbons (Fsp3) is 0.125. The maximum Gasteiger partial charge on any atom is 0.137 e. The molecule has 1 aromatic carbocycles. The first kappa shape index (κ1) is 12.9. The third-order valence-corrected chi connectivity index (χ3v) is 3.82. The number of nitriles is 1. The maximum absolute atomic E-state index is 9.28. The second-order valence-electron chi connectivity index (χ2n) is 4.63. The molecule has 2 heterocycles. The molecule has 0 aliphatic carbocycles. The van der Waals surface area contributed by atoms with Crippen LogP contribution in [-0.2, 0) is 0 Å². The van der Waals surface area contributed by atoms with Crippen molar-refractivity contribution in [3.63, 3.8) is 0 Å². The quantitative estimate of drug-likeness (QED) is 0.701. The van der Waals surface area contributed by atoms with Crippen molar-refractivity contribution in [1.29, 1.82) is 5.26 Å². The molecule has 2 aromatic heterocycles. The number of hydrogen-bond acceptors (Lipinski definition) is 2. The van der Waals surface area contributed by atoms with Gasteiger partial charge in [-0.2, -0.15) is 5.26 Å². The monoisotopic (exact) mass is 325 g/mol. The van der Waals surface area contributed by atoms with E-state index < -0.39 is 0 Å². The lowest BCUT2D eigenvalue weighted by molar-refractivity contribution is 0.900. The Labute approximate surface area is 125 Å². The van der Waals surface area contributed by atoms with Crippen molar-refractivity contribution in [3.8, 4) is 17.3 Å². The van der Waals surface area contributed by atoms with E-state index >= 15 is 0 Å². The van der Waals surface area contributed by atoms with Gasteiger partial charge in [-0.25, -0.2) is 4.98 Å². The number of pyridine rings is 1. The highest BCUT2D eigenvalue weighted by atomic mass is 79.9. The molecule has 1 unspecified atom stereocenters. The summed E-state index contributed by atoms with van der Waals surface area (Å²) in [5, 5.41) is 9.28. The van der Waals surface area contributed by atoms with Gasteiger partial charge in [-0.15, -0.1) is 0 Å². The SMILES string of the molecule is CC(C#N)c1c(-c2ccc(Br)cc2)nc2ccccn12. The van der Waals surface area contributed by atoms with E-state index in [-0.39, 0.29) is 5.92 Å². The van der Waals surface area contributed by atoms with Crippen LogP contribution in [0.5, 0.6) is 0 Å². The summed E-state index contributed by atoms with van der Waals surface area (Å²) in [6.07, 6.45) is 1.95. The molecule has 0 saturated carbocycles. The molecule has 0 spiro atoms. The van der Waals surface area contributed by atoms with Gasteiger partial charge >= 0.3 is 0 Å². The summed E-state index contributed by atoms with van der Waals surface area (Å²) in [6, 6.07) is 16.2. The Hall–Kier alpha value is -2.12. The highest BCUT2D eigenvalue weighted by Gasteiger charge is 2.18. The molecular weight excluding hydrogens is 314 g/mol. The predicted molar refractivity (Wildman–Crippen MR) is 82.4 cm³/mol. The number of halogens is 1. The first-order valence-electron chi connectivity index (χ1n) is 6.33. The van der Waals surface area contributed by atoms with Gasteiger partial charge in [-0.1, -0.05) is 34.1 Å². The van der Waals surface area contributed by atoms with Gasteiger partial charge in [0.15, 0.2) is 0 Å². The molecule has 0 aliphatic heterocycles. The highest BCUT2D eigenvalue weighted by molar-refractivity contribution is 9.10. The molecule has 0 saturated heterocycles. The minimum absolute atomic E-state index is 0.217. The maximum atomic E-state index is 9.28. The summed E-state index contributed by atoms with van der Waals surface area (Å²) in [4.78, 5) is 4.68. The topological polar surface area (TPSA) is 41.1 Å². The van der Waals surface area contributed by atoms with Crippen LogP contribution in [0, 0.1) is 11.3 Å². The molecule has 0 bridgehead atoms. The van der Waals surface area contributed by atoms with E-state index in [0.29, 0.717) is 0 Å². The Morgan fingerprint density at radius 3 is 2.65 bits per heavy atom. The minimum Gasteiger partial charge on any atom is -0.302 e. The summed E-state index contributed by atoms with van der Waals surface area (Å²) in [5.74, 6) is -0.217. The first-order valence-corrected chi connectivity index (χ1v) is 7.12. The normalized spacial score (nSPS) is 12.2. The molecule has 1 atom stereocenters. The molecule has 3 rings (SSSR count). The van der Waals surface area contributed by atoms with Crippen LogP contribution in [0.1, 0.15) is 18.5 Å². The van der Waals surface area contributed by atoms with E-state index in [1.54, 1.807) is 0 Å². The summed E-state index contributed by atoms with van der Waals surface area (Å²) < 4.78 is 3.02. The summed E-state index contributed by atoms with van der Waals surface area (Å²) in [7, 11) is 0. The Bertz CT molecular complexity index is 797. The zero-order valence-corrected chi connectivity index (χ0v) is 12.5. The lowest BCUT2D eigenvalue weighted by atomic mass is 10.0. The third kappa shape index (κ3) is 2.10. The van der Waals surface area contributed by atoms with Crippen molar-refractivity contribution in [1.82, 2.24) is 9.38 Å². The van der Waals surface area contributed by atoms with E-state index in [1.165, 1.54) is 0 Å². The molecule has 0 amide bonds. The fourth-order valence-electron chi connectivity index (χ4n) is 2.31. The lowest BCUT2D eigenvalue weighted by Crippen LogP contribution is -1.98. The molecule has 0 aliphatic rings. The number of hydrogen-bond donors (Lipinski definition) is 0. The molecule has 0 fully saturated rings. The zero-order chi connectivity index (χ0) is 14.1. The molecular formula is C16H12BrN3. The van der Waals surface area contributed by atoms with Gasteiger partial charge in [-0.3, -0.25) is 0 Å². The average molecular weight is 326 g/mol. The Morgan fingerprint density at radius 2 is 1.95 bits per heavy atom. The Kier molecular flexibility index (Phi) is 3.29. The van der Waals surface area contributed by atoms with Gasteiger partial charge in [0.25, 0.3) is 0 Å². The van der Waals surface area contributed by atoms with E-state index in [4.69, 9.17) is 0 Å². The van der Waals surface area contributed by atoms with Crippen molar-refractivity contribution in [2.75, 3.05) is 0 Å². The molecule has 3 nitrogen and oxygen atoms in total. The van der Waals surface area contributed by atoms with Gasteiger partial charge in [0.2, 0.25) is 0 Å². The van der Waals surface area contributed by atoms with Crippen LogP contribution in [0.3, 0.4) is 0 Å². The average Bonchev–Trinajstić information content (AvgIpc) is 2.86. The molecule has 0 N–H and O–H groups in total. The van der Waals surface area contributed by atoms with E-state index in [0.717, 1.165) is 27.1 Å². The fourth-order valence-corrected chi connectivity index (χ4v) is 2.57. The first-order chi connectivity index (χ1) is 9.70. The van der Waals surface area contributed by atoms with Crippen LogP contribution >= 0.6 is 15.9 Å². The number of nitrogens with zero attached hydrogens (tertiary/aromatic N) is 3. The van der Waals surface area contributed by atoms with E-state index in [2.05, 4.69) is 27.0 Å². The standard InChI is InChI=1S/C16H12BrN3/c1-11(10-18)16-15(12-5-7-13(17)8-6-12)19-14-4-2-3-9-20(14)16/h2-9,11H,1H3. The van der Waals surface area contributed by atoms with Crippen LogP contribution in [0.4, 0.5) is 0 Å². The summed E-state index contributed by atoms with van der Waals surface area (Å²) in [6.45, 7) is 1.90. The summed E-state index contributed by atoms with van der Waals surface area (Å²) >= 11 is 3.44. The smallest absolute Gasteiger partial charge is 0.137 e. The molecule has 0 radical (unpaired) electrons. The third-order valence-electron chi connectivity index (χ3n) is 3.29. The van der Waals surface area contributed by atoms with Crippen molar-refractivity contribution in [2.24, 2.45) is 0 Å². The van der Waals surface area contributed by atoms with E-state index in [9.17, 15) is 5.26 Å². The Balaban J connectivity index is 2.29. The number of rotatable bonds is 2. The predicted octanol–water partition coefficient (Wildman–Crippen LogP) is 4.39. The highest BCUT2D eigenvalue weighted by Crippen LogP contribution is 2.30. The van der Waals surface area contributed by atoms with Crippen LogP contribution in [0.15, 0.2) is 53.1 Å². The van der Waals surface area contributed by atoms with Crippen LogP contribution in [0.25, 0.3) is 16.9 Å². The molecule has 98 valence electrons. The zero-order valence-electron chi connectivity index (χ0n) is 10.9. The van der Waals surface area contributed by atoms with Crippen LogP contribution in [0.2, 0.25) is 0 Å². The van der Waals surface area contributed by atoms with Gasteiger partial charge < -0.3 is 4.40 Å². The van der Waals surface area contributed by atoms with Gasteiger partial charge in [0, 0.05) is 16.2 Å². The summed E-state index contributed by atoms with van der Waals surface area (Å²) in [5.41, 5.74) is 3.69. The van der Waals surface area contributed by atoms with Crippen molar-refractivity contribution in [2.45, 2.75) is 12.8 Å². The molecule has 20 heavy (non-hydrogen) atoms. The largest absolute Gasteiger partial charge is 0.302 e. The van der Waals surface area contributed by atoms with Crippen LogP contribution in [-0.4, -0.2) is 9.38 Å². The number of fused-ring (bicyclic) bond motifs is 1. The van der Waals surface area contributed by atoms with Gasteiger partial charge in [-0.05, 0) is 31.2 Å². The number of aromatic nitrogens is 2. The lowest BCUT2D eigenvalue weighted by Gasteiger charge is -2.06. The van der Waals surface area contributed by atoms with Crippen molar-refractivity contribution in [3.05, 3.63) is 58.8 Å². The van der Waals surface area contributed by atoms with Crippen molar-refractivity contribution < 1.29 is 0 Å². The van der Waals surface area contributed by atoms with Crippen LogP contribution < -0.4 is 0 Å².